The molecule has 0 aliphatic carbocycles. The van der Waals surface area contributed by atoms with E-state index in [4.69, 9.17) is 8.83 Å². The maximum absolute atomic E-state index is 6.38. The third-order valence-corrected chi connectivity index (χ3v) is 9.63. The molecule has 10 rings (SSSR count). The molecule has 49 heavy (non-hydrogen) atoms. The van der Waals surface area contributed by atoms with E-state index < -0.39 is 0 Å². The van der Waals surface area contributed by atoms with Crippen LogP contribution in [0.2, 0.25) is 0 Å². The Morgan fingerprint density at radius 2 is 0.980 bits per heavy atom. The second-order valence-electron chi connectivity index (χ2n) is 12.6. The Balaban J connectivity index is 1.13. The van der Waals surface area contributed by atoms with Crippen molar-refractivity contribution >= 4 is 71.7 Å². The standard InChI is InChI=1S/C46H29NO2/c1-2-10-30(11-3-1)32-12-8-13-36(26-32)47(37-25-22-33-29-45-42(28-34(33)27-37)40-15-5-6-18-43(40)48-45)35-23-20-31(21-24-35)38-16-9-17-41-39-14-4-7-19-44(39)49-46(38)41/h1-29H. The smallest absolute Gasteiger partial charge is 0.143 e. The van der Waals surface area contributed by atoms with Gasteiger partial charge < -0.3 is 13.7 Å². The lowest BCUT2D eigenvalue weighted by molar-refractivity contribution is 0.669. The molecular formula is C46H29NO2. The first-order valence-corrected chi connectivity index (χ1v) is 16.6. The van der Waals surface area contributed by atoms with Gasteiger partial charge in [-0.05, 0) is 88.1 Å². The molecule has 0 aliphatic heterocycles. The number of benzene rings is 8. The minimum absolute atomic E-state index is 0.906. The molecule has 3 nitrogen and oxygen atoms in total. The predicted octanol–water partition coefficient (Wildman–Crippen LogP) is 13.4. The molecule has 0 unspecified atom stereocenters. The van der Waals surface area contributed by atoms with Crippen molar-refractivity contribution in [3.63, 3.8) is 0 Å². The van der Waals surface area contributed by atoms with Crippen LogP contribution < -0.4 is 4.90 Å². The zero-order valence-corrected chi connectivity index (χ0v) is 26.5. The van der Waals surface area contributed by atoms with Crippen molar-refractivity contribution in [2.45, 2.75) is 0 Å². The van der Waals surface area contributed by atoms with Crippen molar-refractivity contribution in [1.29, 1.82) is 0 Å². The highest BCUT2D eigenvalue weighted by molar-refractivity contribution is 6.11. The van der Waals surface area contributed by atoms with E-state index in [9.17, 15) is 0 Å². The minimum Gasteiger partial charge on any atom is -0.456 e. The second kappa shape index (κ2) is 11.0. The van der Waals surface area contributed by atoms with E-state index in [-0.39, 0.29) is 0 Å². The summed E-state index contributed by atoms with van der Waals surface area (Å²) < 4.78 is 12.6. The molecule has 0 saturated carbocycles. The first kappa shape index (κ1) is 27.5. The summed E-state index contributed by atoms with van der Waals surface area (Å²) >= 11 is 0. The average Bonchev–Trinajstić information content (AvgIpc) is 3.73. The molecule has 3 heteroatoms. The second-order valence-corrected chi connectivity index (χ2v) is 12.6. The van der Waals surface area contributed by atoms with Gasteiger partial charge in [-0.2, -0.15) is 0 Å². The highest BCUT2D eigenvalue weighted by atomic mass is 16.3. The molecule has 2 heterocycles. The number of hydrogen-bond acceptors (Lipinski definition) is 3. The van der Waals surface area contributed by atoms with Crippen molar-refractivity contribution in [3.05, 3.63) is 176 Å². The van der Waals surface area contributed by atoms with E-state index in [1.165, 1.54) is 11.1 Å². The summed E-state index contributed by atoms with van der Waals surface area (Å²) in [5.41, 5.74) is 11.4. The van der Waals surface area contributed by atoms with E-state index in [2.05, 4.69) is 157 Å². The van der Waals surface area contributed by atoms with Gasteiger partial charge in [-0.25, -0.2) is 0 Å². The van der Waals surface area contributed by atoms with E-state index in [0.29, 0.717) is 0 Å². The van der Waals surface area contributed by atoms with Gasteiger partial charge in [0.2, 0.25) is 0 Å². The third kappa shape index (κ3) is 4.59. The van der Waals surface area contributed by atoms with Gasteiger partial charge in [-0.15, -0.1) is 0 Å². The van der Waals surface area contributed by atoms with Crippen LogP contribution in [0.5, 0.6) is 0 Å². The van der Waals surface area contributed by atoms with Crippen LogP contribution in [-0.2, 0) is 0 Å². The van der Waals surface area contributed by atoms with E-state index in [1.807, 2.05) is 24.3 Å². The van der Waals surface area contributed by atoms with Gasteiger partial charge in [0.1, 0.15) is 22.3 Å². The lowest BCUT2D eigenvalue weighted by Crippen LogP contribution is -2.10. The molecule has 230 valence electrons. The Bertz CT molecular complexity index is 2830. The fourth-order valence-corrected chi connectivity index (χ4v) is 7.26. The van der Waals surface area contributed by atoms with E-state index >= 15 is 0 Å². The fourth-order valence-electron chi connectivity index (χ4n) is 7.26. The molecule has 2 aromatic heterocycles. The molecule has 0 saturated heterocycles. The number of fused-ring (bicyclic) bond motifs is 7. The van der Waals surface area contributed by atoms with Crippen LogP contribution in [0.25, 0.3) is 76.9 Å². The number of rotatable bonds is 5. The fraction of sp³-hybridized carbons (Fsp3) is 0. The molecule has 0 radical (unpaired) electrons. The van der Waals surface area contributed by atoms with Crippen molar-refractivity contribution < 1.29 is 8.83 Å². The quantitative estimate of drug-likeness (QED) is 0.190. The van der Waals surface area contributed by atoms with Gasteiger partial charge in [-0.3, -0.25) is 0 Å². The van der Waals surface area contributed by atoms with E-state index in [0.717, 1.165) is 82.8 Å². The monoisotopic (exact) mass is 627 g/mol. The van der Waals surface area contributed by atoms with Crippen molar-refractivity contribution in [2.75, 3.05) is 4.90 Å². The van der Waals surface area contributed by atoms with Crippen LogP contribution in [0.4, 0.5) is 17.1 Å². The summed E-state index contributed by atoms with van der Waals surface area (Å²) in [6.07, 6.45) is 0. The molecule has 0 bridgehead atoms. The minimum atomic E-state index is 0.906. The van der Waals surface area contributed by atoms with Crippen LogP contribution in [0.1, 0.15) is 0 Å². The number of nitrogens with zero attached hydrogens (tertiary/aromatic N) is 1. The predicted molar refractivity (Wildman–Crippen MR) is 204 cm³/mol. The Kier molecular flexibility index (Phi) is 6.18. The van der Waals surface area contributed by atoms with Gasteiger partial charge >= 0.3 is 0 Å². The lowest BCUT2D eigenvalue weighted by Gasteiger charge is -2.26. The largest absolute Gasteiger partial charge is 0.456 e. The maximum Gasteiger partial charge on any atom is 0.143 e. The van der Waals surface area contributed by atoms with Crippen molar-refractivity contribution in [3.8, 4) is 22.3 Å². The molecule has 0 amide bonds. The Morgan fingerprint density at radius 1 is 0.327 bits per heavy atom. The molecule has 8 aromatic carbocycles. The molecule has 0 aliphatic rings. The Morgan fingerprint density at radius 3 is 1.82 bits per heavy atom. The van der Waals surface area contributed by atoms with Crippen LogP contribution in [-0.4, -0.2) is 0 Å². The zero-order valence-electron chi connectivity index (χ0n) is 26.5. The van der Waals surface area contributed by atoms with E-state index in [1.54, 1.807) is 0 Å². The van der Waals surface area contributed by atoms with Crippen LogP contribution >= 0.6 is 0 Å². The summed E-state index contributed by atoms with van der Waals surface area (Å²) in [5, 5.41) is 6.83. The van der Waals surface area contributed by atoms with Gasteiger partial charge in [0.25, 0.3) is 0 Å². The number of anilines is 3. The van der Waals surface area contributed by atoms with Crippen molar-refractivity contribution in [2.24, 2.45) is 0 Å². The highest BCUT2D eigenvalue weighted by Crippen LogP contribution is 2.41. The van der Waals surface area contributed by atoms with Crippen molar-refractivity contribution in [1.82, 2.24) is 0 Å². The third-order valence-electron chi connectivity index (χ3n) is 9.63. The highest BCUT2D eigenvalue weighted by Gasteiger charge is 2.17. The summed E-state index contributed by atoms with van der Waals surface area (Å²) in [5.74, 6) is 0. The van der Waals surface area contributed by atoms with Gasteiger partial charge in [0.05, 0.1) is 0 Å². The SMILES string of the molecule is c1ccc(-c2cccc(N(c3ccc(-c4cccc5c4oc4ccccc45)cc3)c3ccc4cc5oc6ccccc6c5cc4c3)c2)cc1. The lowest BCUT2D eigenvalue weighted by atomic mass is 10.0. The van der Waals surface area contributed by atoms with Crippen LogP contribution in [0.15, 0.2) is 185 Å². The summed E-state index contributed by atoms with van der Waals surface area (Å²) in [6.45, 7) is 0. The first-order valence-electron chi connectivity index (χ1n) is 16.6. The molecule has 0 spiro atoms. The summed E-state index contributed by atoms with van der Waals surface area (Å²) in [7, 11) is 0. The molecule has 0 N–H and O–H groups in total. The van der Waals surface area contributed by atoms with Crippen LogP contribution in [0.3, 0.4) is 0 Å². The van der Waals surface area contributed by atoms with Crippen LogP contribution in [0, 0.1) is 0 Å². The average molecular weight is 628 g/mol. The van der Waals surface area contributed by atoms with Gasteiger partial charge in [0.15, 0.2) is 0 Å². The molecular weight excluding hydrogens is 599 g/mol. The topological polar surface area (TPSA) is 29.5 Å². The number of hydrogen-bond donors (Lipinski definition) is 0. The normalized spacial score (nSPS) is 11.7. The Labute approximate surface area is 282 Å². The molecule has 0 atom stereocenters. The Hall–Kier alpha value is -6.58. The first-order chi connectivity index (χ1) is 24.3. The maximum atomic E-state index is 6.38. The zero-order chi connectivity index (χ0) is 32.3. The van der Waals surface area contributed by atoms with Gasteiger partial charge in [-0.1, -0.05) is 115 Å². The summed E-state index contributed by atoms with van der Waals surface area (Å²) in [4.78, 5) is 2.34. The number of furan rings is 2. The molecule has 10 aromatic rings. The van der Waals surface area contributed by atoms with Gasteiger partial charge in [0, 0.05) is 44.2 Å². The number of para-hydroxylation sites is 3. The summed E-state index contributed by atoms with van der Waals surface area (Å²) in [6, 6.07) is 62.2. The molecule has 0 fully saturated rings.